The Kier molecular flexibility index (Phi) is 23.2. The van der Waals surface area contributed by atoms with Crippen molar-refractivity contribution in [1.29, 1.82) is 0 Å². The van der Waals surface area contributed by atoms with Crippen molar-refractivity contribution >= 4 is 58.0 Å². The first-order valence-corrected chi connectivity index (χ1v) is 21.6. The van der Waals surface area contributed by atoms with Gasteiger partial charge < -0.3 is 24.6 Å². The van der Waals surface area contributed by atoms with Gasteiger partial charge in [0.25, 0.3) is 0 Å². The van der Waals surface area contributed by atoms with Gasteiger partial charge in [-0.15, -0.1) is 12.4 Å². The second-order valence-electron chi connectivity index (χ2n) is 16.8. The Morgan fingerprint density at radius 2 is 1.02 bits per heavy atom. The van der Waals surface area contributed by atoms with Crippen molar-refractivity contribution in [3.63, 3.8) is 0 Å². The third-order valence-electron chi connectivity index (χ3n) is 9.77. The zero-order valence-electron chi connectivity index (χ0n) is 37.4. The molecule has 0 bridgehead atoms. The van der Waals surface area contributed by atoms with E-state index in [1.54, 1.807) is 53.6 Å². The van der Waals surface area contributed by atoms with Crippen molar-refractivity contribution in [2.75, 3.05) is 53.4 Å². The van der Waals surface area contributed by atoms with Crippen molar-refractivity contribution in [2.45, 2.75) is 91.3 Å². The second kappa shape index (κ2) is 26.8. The number of Topliss-reactive ketones (excluding diaryl/α,β-unsaturated/α-hetero) is 2. The summed E-state index contributed by atoms with van der Waals surface area (Å²) in [5, 5.41) is 4.49. The predicted octanol–water partition coefficient (Wildman–Crippen LogP) is 8.09. The van der Waals surface area contributed by atoms with Gasteiger partial charge in [0, 0.05) is 69.6 Å². The van der Waals surface area contributed by atoms with Crippen LogP contribution in [0.4, 0.5) is 9.59 Å². The average Bonchev–Trinajstić information content (AvgIpc) is 3.26. The largest absolute Gasteiger partial charge is 0.444 e. The Morgan fingerprint density at radius 3 is 1.34 bits per heavy atom. The molecule has 6 heterocycles. The van der Waals surface area contributed by atoms with Gasteiger partial charge in [0.15, 0.2) is 11.6 Å². The van der Waals surface area contributed by atoms with Crippen LogP contribution in [0.25, 0.3) is 0 Å². The number of hydrogen-bond acceptors (Lipinski definition) is 12. The monoisotopic (exact) mass is 945 g/mol. The van der Waals surface area contributed by atoms with E-state index in [9.17, 15) is 24.0 Å². The van der Waals surface area contributed by atoms with Crippen molar-refractivity contribution in [1.82, 2.24) is 35.1 Å². The molecule has 3 fully saturated rings. The van der Waals surface area contributed by atoms with E-state index in [1.807, 2.05) is 77.9 Å². The predicted molar refractivity (Wildman–Crippen MR) is 243 cm³/mol. The third-order valence-corrected chi connectivity index (χ3v) is 10.2. The molecule has 3 aliphatic rings. The highest BCUT2D eigenvalue weighted by molar-refractivity contribution is 9.10. The van der Waals surface area contributed by atoms with Crippen LogP contribution >= 0.6 is 28.3 Å². The minimum atomic E-state index is -0.488. The standard InChI is InChI=1S/C16H22N2O3.C13H24N2O4.C11H14N2O.C5H4BrN.ClH/c1-16(2,3)21-15(20)18-10-7-12(8-11-18)14(19)13-6-4-5-9-17-13;1-13(2,3)19-12(17)15-8-6-10(7-9-15)11(16)14(4)18-5;14-11(9-4-7-12-8-5-9)10-3-1-2-6-13-10;6-5-3-1-2-4-7-5;/h4-6,9,12H,7-8,10-11H2,1-3H3;10H,6-9H2,1-5H3;1-3,6,9,12H,4-5,7-8H2;1-4H;1H. The average molecular weight is 947 g/mol. The number of likely N-dealkylation sites (tertiary alicyclic amines) is 2. The molecule has 3 aliphatic heterocycles. The lowest BCUT2D eigenvalue weighted by Gasteiger charge is -2.33. The van der Waals surface area contributed by atoms with Crippen molar-refractivity contribution < 1.29 is 38.3 Å². The van der Waals surface area contributed by atoms with Crippen LogP contribution in [-0.2, 0) is 19.1 Å². The summed E-state index contributed by atoms with van der Waals surface area (Å²) in [6.45, 7) is 15.2. The molecule has 0 unspecified atom stereocenters. The molecule has 17 heteroatoms. The molecular weight excluding hydrogens is 882 g/mol. The van der Waals surface area contributed by atoms with Crippen LogP contribution < -0.4 is 5.32 Å². The van der Waals surface area contributed by atoms with Crippen LogP contribution in [0.2, 0.25) is 0 Å². The number of carbonyl (C=O) groups excluding carboxylic acids is 5. The molecule has 0 aromatic carbocycles. The van der Waals surface area contributed by atoms with E-state index >= 15 is 0 Å². The molecule has 6 rings (SSSR count). The van der Waals surface area contributed by atoms with Crippen LogP contribution in [0, 0.1) is 17.8 Å². The number of nitrogens with zero attached hydrogens (tertiary/aromatic N) is 6. The molecule has 3 aromatic heterocycles. The summed E-state index contributed by atoms with van der Waals surface area (Å²) in [5.74, 6) is 0.270. The van der Waals surface area contributed by atoms with Crippen molar-refractivity contribution in [2.24, 2.45) is 17.8 Å². The molecule has 62 heavy (non-hydrogen) atoms. The van der Waals surface area contributed by atoms with E-state index in [4.69, 9.17) is 14.3 Å². The highest BCUT2D eigenvalue weighted by Crippen LogP contribution is 2.24. The molecule has 3 amide bonds. The summed E-state index contributed by atoms with van der Waals surface area (Å²) >= 11 is 3.20. The summed E-state index contributed by atoms with van der Waals surface area (Å²) in [5.41, 5.74) is 0.144. The molecule has 0 atom stereocenters. The van der Waals surface area contributed by atoms with E-state index < -0.39 is 11.2 Å². The highest BCUT2D eigenvalue weighted by atomic mass is 79.9. The number of amides is 3. The fourth-order valence-corrected chi connectivity index (χ4v) is 6.77. The van der Waals surface area contributed by atoms with Crippen LogP contribution in [-0.4, -0.2) is 124 Å². The summed E-state index contributed by atoms with van der Waals surface area (Å²) in [7, 11) is 3.07. The number of ether oxygens (including phenoxy) is 2. The minimum absolute atomic E-state index is 0. The highest BCUT2D eigenvalue weighted by Gasteiger charge is 2.32. The van der Waals surface area contributed by atoms with Gasteiger partial charge in [0.05, 0.1) is 7.11 Å². The van der Waals surface area contributed by atoms with E-state index in [1.165, 1.54) is 12.2 Å². The quantitative estimate of drug-likeness (QED) is 0.143. The first-order valence-electron chi connectivity index (χ1n) is 20.8. The van der Waals surface area contributed by atoms with Crippen molar-refractivity contribution in [3.8, 4) is 0 Å². The summed E-state index contributed by atoms with van der Waals surface area (Å²) in [6, 6.07) is 16.5. The first-order chi connectivity index (χ1) is 28.9. The van der Waals surface area contributed by atoms with Crippen LogP contribution in [0.1, 0.15) is 101 Å². The number of carbonyl (C=O) groups is 5. The molecule has 0 spiro atoms. The van der Waals surface area contributed by atoms with Gasteiger partial charge in [-0.3, -0.25) is 29.2 Å². The van der Waals surface area contributed by atoms with E-state index in [2.05, 4.69) is 36.2 Å². The Morgan fingerprint density at radius 1 is 0.629 bits per heavy atom. The molecule has 3 saturated heterocycles. The SMILES string of the molecule is Brc1ccccn1.CC(C)(C)OC(=O)N1CCC(C(=O)c2ccccn2)CC1.CON(C)C(=O)C1CCN(C(=O)OC(C)(C)C)CC1.Cl.O=C(c1ccccn1)C1CCNCC1. The number of piperidine rings is 3. The number of nitrogens with one attached hydrogen (secondary N) is 1. The smallest absolute Gasteiger partial charge is 0.410 e. The first kappa shape index (κ1) is 53.6. The normalized spacial score (nSPS) is 16.0. The van der Waals surface area contributed by atoms with Gasteiger partial charge in [-0.25, -0.2) is 19.6 Å². The molecular formula is C45H65BrClN7O8. The van der Waals surface area contributed by atoms with Gasteiger partial charge in [0.1, 0.15) is 27.2 Å². The fraction of sp³-hybridized carbons (Fsp3) is 0.556. The molecule has 1 N–H and O–H groups in total. The lowest BCUT2D eigenvalue weighted by molar-refractivity contribution is -0.174. The Labute approximate surface area is 381 Å². The third kappa shape index (κ3) is 19.7. The van der Waals surface area contributed by atoms with E-state index in [0.29, 0.717) is 63.3 Å². The lowest BCUT2D eigenvalue weighted by atomic mass is 9.91. The van der Waals surface area contributed by atoms with Crippen LogP contribution in [0.15, 0.2) is 77.8 Å². The number of hydroxylamine groups is 2. The Bertz CT molecular complexity index is 1800. The fourth-order valence-electron chi connectivity index (χ4n) is 6.49. The lowest BCUT2D eigenvalue weighted by Crippen LogP contribution is -2.45. The van der Waals surface area contributed by atoms with Crippen LogP contribution in [0.3, 0.4) is 0 Å². The van der Waals surface area contributed by atoms with E-state index in [-0.39, 0.29) is 59.8 Å². The summed E-state index contributed by atoms with van der Waals surface area (Å²) in [6.07, 6.45) is 8.93. The van der Waals surface area contributed by atoms with Gasteiger partial charge in [-0.1, -0.05) is 18.2 Å². The Balaban J connectivity index is 0.000000298. The van der Waals surface area contributed by atoms with Gasteiger partial charge in [-0.2, -0.15) is 0 Å². The van der Waals surface area contributed by atoms with Crippen LogP contribution in [0.5, 0.6) is 0 Å². The van der Waals surface area contributed by atoms with Gasteiger partial charge in [-0.05, 0) is 145 Å². The number of ketones is 2. The molecule has 15 nitrogen and oxygen atoms in total. The maximum Gasteiger partial charge on any atom is 0.410 e. The molecule has 0 radical (unpaired) electrons. The van der Waals surface area contributed by atoms with Gasteiger partial charge >= 0.3 is 12.2 Å². The number of aromatic nitrogens is 3. The molecule has 0 saturated carbocycles. The van der Waals surface area contributed by atoms with Gasteiger partial charge in [0.2, 0.25) is 5.91 Å². The zero-order chi connectivity index (χ0) is 45.0. The number of rotatable bonds is 6. The number of pyridine rings is 3. The number of hydrogen-bond donors (Lipinski definition) is 1. The Hall–Kier alpha value is -4.51. The summed E-state index contributed by atoms with van der Waals surface area (Å²) < 4.78 is 11.5. The molecule has 3 aromatic rings. The van der Waals surface area contributed by atoms with E-state index in [0.717, 1.165) is 30.5 Å². The zero-order valence-corrected chi connectivity index (χ0v) is 39.8. The maximum absolute atomic E-state index is 12.3. The minimum Gasteiger partial charge on any atom is -0.444 e. The summed E-state index contributed by atoms with van der Waals surface area (Å²) in [4.78, 5) is 80.2. The second-order valence-corrected chi connectivity index (χ2v) is 17.6. The molecule has 0 aliphatic carbocycles. The molecule has 342 valence electrons. The maximum atomic E-state index is 12.3. The number of halogens is 2. The topological polar surface area (TPSA) is 173 Å². The van der Waals surface area contributed by atoms with Crippen molar-refractivity contribution in [3.05, 3.63) is 89.2 Å².